The smallest absolute Gasteiger partial charge is 0.0753 e. The van der Waals surface area contributed by atoms with Crippen molar-refractivity contribution >= 4 is 0 Å². The summed E-state index contributed by atoms with van der Waals surface area (Å²) in [4.78, 5) is 2.46. The Bertz CT molecular complexity index is 208. The number of nitrogens with zero attached hydrogens (tertiary/aromatic N) is 1. The standard InChI is InChI=1S/C13H28N2O/c1-4-12(2)5-8-15(9-6-12)10-7-13(3,16)11-14/h16H,4-11,14H2,1-3H3. The number of rotatable bonds is 5. The number of likely N-dealkylation sites (tertiary alicyclic amines) is 1. The molecule has 0 aromatic heterocycles. The molecule has 0 aromatic rings. The van der Waals surface area contributed by atoms with Gasteiger partial charge < -0.3 is 15.7 Å². The molecule has 16 heavy (non-hydrogen) atoms. The minimum absolute atomic E-state index is 0.355. The Morgan fingerprint density at radius 3 is 2.38 bits per heavy atom. The first kappa shape index (κ1) is 13.9. The van der Waals surface area contributed by atoms with E-state index in [9.17, 15) is 5.11 Å². The zero-order valence-electron chi connectivity index (χ0n) is 11.1. The maximum absolute atomic E-state index is 9.85. The van der Waals surface area contributed by atoms with Crippen molar-refractivity contribution in [3.8, 4) is 0 Å². The van der Waals surface area contributed by atoms with Crippen molar-refractivity contribution in [3.05, 3.63) is 0 Å². The second kappa shape index (κ2) is 5.48. The molecule has 1 fully saturated rings. The summed E-state index contributed by atoms with van der Waals surface area (Å²) in [6.07, 6.45) is 4.64. The Morgan fingerprint density at radius 1 is 1.38 bits per heavy atom. The highest BCUT2D eigenvalue weighted by molar-refractivity contribution is 4.83. The fourth-order valence-corrected chi connectivity index (χ4v) is 2.17. The average Bonchev–Trinajstić information content (AvgIpc) is 2.29. The molecule has 0 amide bonds. The summed E-state index contributed by atoms with van der Waals surface area (Å²) < 4.78 is 0. The summed E-state index contributed by atoms with van der Waals surface area (Å²) in [7, 11) is 0. The predicted octanol–water partition coefficient (Wildman–Crippen LogP) is 1.60. The molecule has 1 heterocycles. The summed E-state index contributed by atoms with van der Waals surface area (Å²) in [5, 5.41) is 9.85. The number of hydrogen-bond donors (Lipinski definition) is 2. The first-order valence-electron chi connectivity index (χ1n) is 6.56. The zero-order chi connectivity index (χ0) is 12.2. The molecule has 0 saturated carbocycles. The number of hydrogen-bond acceptors (Lipinski definition) is 3. The van der Waals surface area contributed by atoms with Gasteiger partial charge in [-0.1, -0.05) is 20.3 Å². The maximum Gasteiger partial charge on any atom is 0.0753 e. The molecule has 1 aliphatic rings. The molecule has 0 bridgehead atoms. The first-order chi connectivity index (χ1) is 7.41. The van der Waals surface area contributed by atoms with E-state index in [1.165, 1.54) is 32.4 Å². The normalized spacial score (nSPS) is 25.3. The van der Waals surface area contributed by atoms with E-state index >= 15 is 0 Å². The van der Waals surface area contributed by atoms with Crippen molar-refractivity contribution in [3.63, 3.8) is 0 Å². The van der Waals surface area contributed by atoms with Crippen LogP contribution >= 0.6 is 0 Å². The number of aliphatic hydroxyl groups is 1. The van der Waals surface area contributed by atoms with Gasteiger partial charge in [-0.25, -0.2) is 0 Å². The minimum atomic E-state index is -0.689. The molecule has 3 N–H and O–H groups in total. The van der Waals surface area contributed by atoms with E-state index < -0.39 is 5.60 Å². The average molecular weight is 228 g/mol. The lowest BCUT2D eigenvalue weighted by molar-refractivity contribution is 0.0361. The highest BCUT2D eigenvalue weighted by atomic mass is 16.3. The quantitative estimate of drug-likeness (QED) is 0.751. The summed E-state index contributed by atoms with van der Waals surface area (Å²) in [5.41, 5.74) is 5.38. The Hall–Kier alpha value is -0.120. The van der Waals surface area contributed by atoms with Crippen LogP contribution in [0.25, 0.3) is 0 Å². The molecule has 3 nitrogen and oxygen atoms in total. The largest absolute Gasteiger partial charge is 0.389 e. The van der Waals surface area contributed by atoms with Gasteiger partial charge in [0.1, 0.15) is 0 Å². The van der Waals surface area contributed by atoms with Crippen LogP contribution in [0.4, 0.5) is 0 Å². The van der Waals surface area contributed by atoms with Crippen LogP contribution in [0.3, 0.4) is 0 Å². The molecule has 1 rings (SSSR count). The summed E-state index contributed by atoms with van der Waals surface area (Å²) >= 11 is 0. The van der Waals surface area contributed by atoms with Gasteiger partial charge in [0.2, 0.25) is 0 Å². The van der Waals surface area contributed by atoms with Crippen molar-refractivity contribution in [2.45, 2.75) is 52.1 Å². The van der Waals surface area contributed by atoms with Gasteiger partial charge in [-0.05, 0) is 44.7 Å². The number of nitrogens with two attached hydrogens (primary N) is 1. The Morgan fingerprint density at radius 2 is 1.94 bits per heavy atom. The van der Waals surface area contributed by atoms with E-state index in [1.807, 2.05) is 6.92 Å². The highest BCUT2D eigenvalue weighted by Crippen LogP contribution is 2.33. The van der Waals surface area contributed by atoms with Gasteiger partial charge in [0.15, 0.2) is 0 Å². The predicted molar refractivity (Wildman–Crippen MR) is 68.4 cm³/mol. The topological polar surface area (TPSA) is 49.5 Å². The van der Waals surface area contributed by atoms with Crippen LogP contribution in [0.2, 0.25) is 0 Å². The molecular formula is C13H28N2O. The monoisotopic (exact) mass is 228 g/mol. The van der Waals surface area contributed by atoms with Crippen molar-refractivity contribution in [1.29, 1.82) is 0 Å². The lowest BCUT2D eigenvalue weighted by atomic mass is 9.78. The molecule has 3 heteroatoms. The Labute approximate surface area is 100 Å². The van der Waals surface area contributed by atoms with Gasteiger partial charge in [0.25, 0.3) is 0 Å². The van der Waals surface area contributed by atoms with Crippen molar-refractivity contribution in [1.82, 2.24) is 4.90 Å². The van der Waals surface area contributed by atoms with Gasteiger partial charge in [-0.15, -0.1) is 0 Å². The minimum Gasteiger partial charge on any atom is -0.389 e. The fourth-order valence-electron chi connectivity index (χ4n) is 2.17. The molecule has 1 saturated heterocycles. The van der Waals surface area contributed by atoms with Crippen LogP contribution in [0, 0.1) is 5.41 Å². The second-order valence-electron chi connectivity index (χ2n) is 5.96. The first-order valence-corrected chi connectivity index (χ1v) is 6.56. The molecule has 0 aromatic carbocycles. The van der Waals surface area contributed by atoms with E-state index in [0.717, 1.165) is 13.0 Å². The van der Waals surface area contributed by atoms with Gasteiger partial charge in [-0.3, -0.25) is 0 Å². The van der Waals surface area contributed by atoms with Crippen molar-refractivity contribution in [2.75, 3.05) is 26.2 Å². The molecule has 0 radical (unpaired) electrons. The van der Waals surface area contributed by atoms with Crippen molar-refractivity contribution < 1.29 is 5.11 Å². The molecule has 1 atom stereocenters. The van der Waals surface area contributed by atoms with Crippen LogP contribution in [-0.2, 0) is 0 Å². The molecule has 0 aliphatic carbocycles. The van der Waals surface area contributed by atoms with E-state index in [0.29, 0.717) is 12.0 Å². The molecule has 0 spiro atoms. The molecule has 96 valence electrons. The van der Waals surface area contributed by atoms with E-state index in [2.05, 4.69) is 18.7 Å². The van der Waals surface area contributed by atoms with Gasteiger partial charge in [0, 0.05) is 13.1 Å². The van der Waals surface area contributed by atoms with Crippen LogP contribution in [0.1, 0.15) is 46.5 Å². The maximum atomic E-state index is 9.85. The Balaban J connectivity index is 2.28. The fraction of sp³-hybridized carbons (Fsp3) is 1.00. The highest BCUT2D eigenvalue weighted by Gasteiger charge is 2.29. The number of piperidine rings is 1. The lowest BCUT2D eigenvalue weighted by Gasteiger charge is -2.39. The lowest BCUT2D eigenvalue weighted by Crippen LogP contribution is -2.43. The molecular weight excluding hydrogens is 200 g/mol. The van der Waals surface area contributed by atoms with Crippen LogP contribution in [0.5, 0.6) is 0 Å². The van der Waals surface area contributed by atoms with Crippen LogP contribution in [0.15, 0.2) is 0 Å². The van der Waals surface area contributed by atoms with Gasteiger partial charge in [-0.2, -0.15) is 0 Å². The van der Waals surface area contributed by atoms with Crippen LogP contribution in [-0.4, -0.2) is 41.8 Å². The van der Waals surface area contributed by atoms with Crippen molar-refractivity contribution in [2.24, 2.45) is 11.1 Å². The van der Waals surface area contributed by atoms with E-state index in [4.69, 9.17) is 5.73 Å². The summed E-state index contributed by atoms with van der Waals surface area (Å²) in [6.45, 7) is 10.2. The summed E-state index contributed by atoms with van der Waals surface area (Å²) in [5.74, 6) is 0. The van der Waals surface area contributed by atoms with Gasteiger partial charge in [0.05, 0.1) is 5.60 Å². The SMILES string of the molecule is CCC1(C)CCN(CCC(C)(O)CN)CC1. The third-order valence-electron chi connectivity index (χ3n) is 4.32. The second-order valence-corrected chi connectivity index (χ2v) is 5.96. The summed E-state index contributed by atoms with van der Waals surface area (Å²) in [6, 6.07) is 0. The Kier molecular flexibility index (Phi) is 4.77. The van der Waals surface area contributed by atoms with Crippen LogP contribution < -0.4 is 5.73 Å². The zero-order valence-corrected chi connectivity index (χ0v) is 11.1. The van der Waals surface area contributed by atoms with E-state index in [1.54, 1.807) is 0 Å². The van der Waals surface area contributed by atoms with E-state index in [-0.39, 0.29) is 0 Å². The van der Waals surface area contributed by atoms with Gasteiger partial charge >= 0.3 is 0 Å². The molecule has 1 aliphatic heterocycles. The molecule has 1 unspecified atom stereocenters. The third-order valence-corrected chi connectivity index (χ3v) is 4.32. The third kappa shape index (κ3) is 4.04.